The predicted molar refractivity (Wildman–Crippen MR) is 67.9 cm³/mol. The third-order valence-corrected chi connectivity index (χ3v) is 4.30. The molecule has 0 aromatic rings. The lowest BCUT2D eigenvalue weighted by Crippen LogP contribution is -2.47. The van der Waals surface area contributed by atoms with Gasteiger partial charge in [-0.05, 0) is 32.6 Å². The minimum atomic E-state index is -0.338. The number of hydrogen-bond acceptors (Lipinski definition) is 3. The minimum absolute atomic E-state index is 0.163. The largest absolute Gasteiger partial charge is 0.464 e. The summed E-state index contributed by atoms with van der Waals surface area (Å²) in [6.45, 7) is 4.94. The fraction of sp³-hybridized carbons (Fsp3) is 0.857. The summed E-state index contributed by atoms with van der Waals surface area (Å²) in [7, 11) is 0. The number of carbonyl (C=O) groups is 2. The fourth-order valence-electron chi connectivity index (χ4n) is 3.21. The number of nitrogens with zero attached hydrogens (tertiary/aromatic N) is 1. The lowest BCUT2D eigenvalue weighted by Gasteiger charge is -2.31. The first kappa shape index (κ1) is 13.4. The van der Waals surface area contributed by atoms with Gasteiger partial charge in [-0.2, -0.15) is 0 Å². The molecule has 1 amide bonds. The second-order valence-corrected chi connectivity index (χ2v) is 5.68. The monoisotopic (exact) mass is 253 g/mol. The molecule has 1 aliphatic carbocycles. The van der Waals surface area contributed by atoms with Gasteiger partial charge >= 0.3 is 5.97 Å². The van der Waals surface area contributed by atoms with E-state index in [-0.39, 0.29) is 23.3 Å². The standard InChI is InChI=1S/C14H23NO3/c1-3-18-12(16)11-7-6-10-15(11)13(17)14(2)8-4-5-9-14/h11H,3-10H2,1-2H3. The Hall–Kier alpha value is -1.06. The van der Waals surface area contributed by atoms with Gasteiger partial charge in [0.15, 0.2) is 0 Å². The van der Waals surface area contributed by atoms with E-state index in [9.17, 15) is 9.59 Å². The zero-order chi connectivity index (χ0) is 13.2. The van der Waals surface area contributed by atoms with Crippen LogP contribution < -0.4 is 0 Å². The average molecular weight is 253 g/mol. The predicted octanol–water partition coefficient (Wildman–Crippen LogP) is 2.12. The summed E-state index contributed by atoms with van der Waals surface area (Å²) < 4.78 is 5.07. The highest BCUT2D eigenvalue weighted by atomic mass is 16.5. The van der Waals surface area contributed by atoms with Crippen molar-refractivity contribution in [2.75, 3.05) is 13.2 Å². The van der Waals surface area contributed by atoms with E-state index in [4.69, 9.17) is 4.74 Å². The average Bonchev–Trinajstić information content (AvgIpc) is 2.97. The molecule has 4 nitrogen and oxygen atoms in total. The Morgan fingerprint density at radius 3 is 2.56 bits per heavy atom. The van der Waals surface area contributed by atoms with Crippen molar-refractivity contribution in [3.8, 4) is 0 Å². The molecule has 1 heterocycles. The summed E-state index contributed by atoms with van der Waals surface area (Å²) in [5, 5.41) is 0. The van der Waals surface area contributed by atoms with Crippen LogP contribution in [0.2, 0.25) is 0 Å². The molecule has 0 N–H and O–H groups in total. The van der Waals surface area contributed by atoms with E-state index in [1.807, 2.05) is 6.92 Å². The Morgan fingerprint density at radius 1 is 1.28 bits per heavy atom. The van der Waals surface area contributed by atoms with Crippen LogP contribution in [0.1, 0.15) is 52.4 Å². The quantitative estimate of drug-likeness (QED) is 0.724. The number of rotatable bonds is 3. The number of carbonyl (C=O) groups excluding carboxylic acids is 2. The first-order chi connectivity index (χ1) is 8.58. The third-order valence-electron chi connectivity index (χ3n) is 4.30. The molecule has 1 saturated carbocycles. The lowest BCUT2D eigenvalue weighted by molar-refractivity contribution is -0.156. The third kappa shape index (κ3) is 2.38. The SMILES string of the molecule is CCOC(=O)C1CCCN1C(=O)C1(C)CCCC1. The molecule has 0 spiro atoms. The number of esters is 1. The van der Waals surface area contributed by atoms with Crippen LogP contribution in [0.4, 0.5) is 0 Å². The van der Waals surface area contributed by atoms with Gasteiger partial charge in [0, 0.05) is 12.0 Å². The van der Waals surface area contributed by atoms with Crippen molar-refractivity contribution in [2.24, 2.45) is 5.41 Å². The van der Waals surface area contributed by atoms with E-state index in [1.165, 1.54) is 0 Å². The molecule has 0 aromatic heterocycles. The zero-order valence-corrected chi connectivity index (χ0v) is 11.4. The summed E-state index contributed by atoms with van der Waals surface area (Å²) >= 11 is 0. The normalized spacial score (nSPS) is 26.3. The minimum Gasteiger partial charge on any atom is -0.464 e. The molecule has 2 rings (SSSR count). The number of likely N-dealkylation sites (tertiary alicyclic amines) is 1. The van der Waals surface area contributed by atoms with Crippen LogP contribution in [0.25, 0.3) is 0 Å². The molecule has 4 heteroatoms. The molecule has 1 atom stereocenters. The maximum absolute atomic E-state index is 12.6. The molecule has 0 bridgehead atoms. The summed E-state index contributed by atoms with van der Waals surface area (Å²) in [4.78, 5) is 26.2. The second-order valence-electron chi connectivity index (χ2n) is 5.68. The van der Waals surface area contributed by atoms with Gasteiger partial charge < -0.3 is 9.64 Å². The molecule has 1 unspecified atom stereocenters. The van der Waals surface area contributed by atoms with Crippen LogP contribution >= 0.6 is 0 Å². The van der Waals surface area contributed by atoms with Crippen molar-refractivity contribution in [3.63, 3.8) is 0 Å². The van der Waals surface area contributed by atoms with Crippen molar-refractivity contribution in [2.45, 2.75) is 58.4 Å². The molecule has 0 aromatic carbocycles. The number of hydrogen-bond donors (Lipinski definition) is 0. The van der Waals surface area contributed by atoms with E-state index in [1.54, 1.807) is 11.8 Å². The van der Waals surface area contributed by atoms with Gasteiger partial charge in [0.2, 0.25) is 5.91 Å². The molecular formula is C14H23NO3. The topological polar surface area (TPSA) is 46.6 Å². The Kier molecular flexibility index (Phi) is 3.93. The van der Waals surface area contributed by atoms with Crippen molar-refractivity contribution in [1.29, 1.82) is 0 Å². The van der Waals surface area contributed by atoms with Gasteiger partial charge in [0.05, 0.1) is 6.61 Å². The zero-order valence-electron chi connectivity index (χ0n) is 11.4. The number of amides is 1. The van der Waals surface area contributed by atoms with Crippen molar-refractivity contribution in [3.05, 3.63) is 0 Å². The first-order valence-corrected chi connectivity index (χ1v) is 7.06. The van der Waals surface area contributed by atoms with Crippen LogP contribution in [0.3, 0.4) is 0 Å². The van der Waals surface area contributed by atoms with Gasteiger partial charge in [-0.15, -0.1) is 0 Å². The lowest BCUT2D eigenvalue weighted by atomic mass is 9.87. The highest BCUT2D eigenvalue weighted by Gasteiger charge is 2.44. The van der Waals surface area contributed by atoms with Gasteiger partial charge in [-0.3, -0.25) is 4.79 Å². The van der Waals surface area contributed by atoms with Crippen LogP contribution in [0, 0.1) is 5.41 Å². The molecule has 1 saturated heterocycles. The van der Waals surface area contributed by atoms with Crippen LogP contribution in [0.15, 0.2) is 0 Å². The summed E-state index contributed by atoms with van der Waals surface area (Å²) in [5.74, 6) is -0.0690. The Morgan fingerprint density at radius 2 is 1.94 bits per heavy atom. The highest BCUT2D eigenvalue weighted by Crippen LogP contribution is 2.40. The van der Waals surface area contributed by atoms with Gasteiger partial charge in [0.1, 0.15) is 6.04 Å². The van der Waals surface area contributed by atoms with Gasteiger partial charge in [-0.25, -0.2) is 4.79 Å². The van der Waals surface area contributed by atoms with Crippen molar-refractivity contribution >= 4 is 11.9 Å². The van der Waals surface area contributed by atoms with E-state index in [2.05, 4.69) is 0 Å². The molecule has 1 aliphatic heterocycles. The Labute approximate surface area is 109 Å². The number of ether oxygens (including phenoxy) is 1. The fourth-order valence-corrected chi connectivity index (χ4v) is 3.21. The van der Waals surface area contributed by atoms with Crippen LogP contribution in [-0.2, 0) is 14.3 Å². The summed E-state index contributed by atoms with van der Waals surface area (Å²) in [6.07, 6.45) is 5.82. The molecule has 2 fully saturated rings. The van der Waals surface area contributed by atoms with E-state index < -0.39 is 0 Å². The molecule has 102 valence electrons. The van der Waals surface area contributed by atoms with Crippen LogP contribution in [-0.4, -0.2) is 36.0 Å². The Balaban J connectivity index is 2.07. The van der Waals surface area contributed by atoms with E-state index in [0.717, 1.165) is 38.5 Å². The highest BCUT2D eigenvalue weighted by molar-refractivity contribution is 5.88. The van der Waals surface area contributed by atoms with Gasteiger partial charge in [0.25, 0.3) is 0 Å². The molecule has 18 heavy (non-hydrogen) atoms. The molecular weight excluding hydrogens is 230 g/mol. The first-order valence-electron chi connectivity index (χ1n) is 7.06. The summed E-state index contributed by atoms with van der Waals surface area (Å²) in [6, 6.07) is -0.338. The van der Waals surface area contributed by atoms with Crippen LogP contribution in [0.5, 0.6) is 0 Å². The maximum atomic E-state index is 12.6. The van der Waals surface area contributed by atoms with Crippen molar-refractivity contribution in [1.82, 2.24) is 4.90 Å². The Bertz CT molecular complexity index is 334. The molecule has 2 aliphatic rings. The van der Waals surface area contributed by atoms with Crippen molar-refractivity contribution < 1.29 is 14.3 Å². The van der Waals surface area contributed by atoms with E-state index >= 15 is 0 Å². The second kappa shape index (κ2) is 5.29. The smallest absolute Gasteiger partial charge is 0.328 e. The van der Waals surface area contributed by atoms with Gasteiger partial charge in [-0.1, -0.05) is 19.8 Å². The molecule has 0 radical (unpaired) electrons. The van der Waals surface area contributed by atoms with E-state index in [0.29, 0.717) is 13.2 Å². The summed E-state index contributed by atoms with van der Waals surface area (Å²) in [5.41, 5.74) is -0.241. The maximum Gasteiger partial charge on any atom is 0.328 e.